The molecule has 1 aromatic heterocycles. The molecule has 3 fully saturated rings. The van der Waals surface area contributed by atoms with Crippen LogP contribution in [0.4, 0.5) is 5.95 Å². The Bertz CT molecular complexity index is 511. The van der Waals surface area contributed by atoms with Crippen LogP contribution in [-0.4, -0.2) is 53.8 Å². The first-order chi connectivity index (χ1) is 11.3. The van der Waals surface area contributed by atoms with Crippen LogP contribution < -0.4 is 5.32 Å². The van der Waals surface area contributed by atoms with E-state index in [4.69, 9.17) is 4.74 Å². The third-order valence-corrected chi connectivity index (χ3v) is 6.21. The first-order valence-electron chi connectivity index (χ1n) is 9.31. The van der Waals surface area contributed by atoms with Crippen LogP contribution in [-0.2, 0) is 11.8 Å². The van der Waals surface area contributed by atoms with Gasteiger partial charge in [-0.2, -0.15) is 0 Å². The summed E-state index contributed by atoms with van der Waals surface area (Å²) in [5.41, 5.74) is 0. The molecule has 1 N–H and O–H groups in total. The quantitative estimate of drug-likeness (QED) is 0.904. The van der Waals surface area contributed by atoms with Gasteiger partial charge in [0.1, 0.15) is 0 Å². The lowest BCUT2D eigenvalue weighted by Crippen LogP contribution is -2.33. The number of rotatable bonds is 5. The number of ether oxygens (including phenoxy) is 1. The number of hydrogen-bond acceptors (Lipinski definition) is 4. The molecule has 0 radical (unpaired) electrons. The maximum atomic E-state index is 5.55. The first-order valence-corrected chi connectivity index (χ1v) is 9.31. The van der Waals surface area contributed by atoms with Crippen molar-refractivity contribution < 1.29 is 4.74 Å². The van der Waals surface area contributed by atoms with Gasteiger partial charge in [-0.15, -0.1) is 0 Å². The molecule has 4 rings (SSSR count). The van der Waals surface area contributed by atoms with Crippen LogP contribution in [0.25, 0.3) is 0 Å². The lowest BCUT2D eigenvalue weighted by Gasteiger charge is -2.33. The fourth-order valence-electron chi connectivity index (χ4n) is 4.94. The maximum Gasteiger partial charge on any atom is 0.202 e. The SMILES string of the molecule is Cn1ccnc1NC[C@@H]1CCC[C@@H]2CN(CC3CCOC3)C[C@@H]21. The van der Waals surface area contributed by atoms with Gasteiger partial charge >= 0.3 is 0 Å². The molecular weight excluding hydrogens is 288 g/mol. The van der Waals surface area contributed by atoms with Gasteiger partial charge in [-0.3, -0.25) is 0 Å². The summed E-state index contributed by atoms with van der Waals surface area (Å²) in [5, 5.41) is 3.58. The van der Waals surface area contributed by atoms with E-state index >= 15 is 0 Å². The molecule has 4 atom stereocenters. The molecular formula is C18H30N4O. The lowest BCUT2D eigenvalue weighted by molar-refractivity contribution is 0.171. The number of likely N-dealkylation sites (tertiary alicyclic amines) is 1. The Morgan fingerprint density at radius 3 is 3.04 bits per heavy atom. The van der Waals surface area contributed by atoms with Crippen LogP contribution in [0.1, 0.15) is 25.7 Å². The maximum absolute atomic E-state index is 5.55. The third-order valence-electron chi connectivity index (χ3n) is 6.21. The summed E-state index contributed by atoms with van der Waals surface area (Å²) < 4.78 is 7.62. The van der Waals surface area contributed by atoms with Crippen LogP contribution in [0.15, 0.2) is 12.4 Å². The van der Waals surface area contributed by atoms with Crippen molar-refractivity contribution in [2.24, 2.45) is 30.7 Å². The summed E-state index contributed by atoms with van der Waals surface area (Å²) in [6, 6.07) is 0. The van der Waals surface area contributed by atoms with E-state index in [-0.39, 0.29) is 0 Å². The van der Waals surface area contributed by atoms with Gasteiger partial charge in [0.2, 0.25) is 5.95 Å². The monoisotopic (exact) mass is 318 g/mol. The van der Waals surface area contributed by atoms with Crippen molar-refractivity contribution in [1.82, 2.24) is 14.5 Å². The Balaban J connectivity index is 1.33. The molecule has 0 bridgehead atoms. The number of aryl methyl sites for hydroxylation is 1. The average molecular weight is 318 g/mol. The smallest absolute Gasteiger partial charge is 0.202 e. The molecule has 3 heterocycles. The fourth-order valence-corrected chi connectivity index (χ4v) is 4.94. The van der Waals surface area contributed by atoms with Crippen LogP contribution in [0.2, 0.25) is 0 Å². The molecule has 128 valence electrons. The Labute approximate surface area is 139 Å². The molecule has 0 amide bonds. The highest BCUT2D eigenvalue weighted by molar-refractivity contribution is 5.25. The van der Waals surface area contributed by atoms with Gasteiger partial charge in [0.05, 0.1) is 6.61 Å². The molecule has 2 aliphatic heterocycles. The van der Waals surface area contributed by atoms with Crippen LogP contribution in [0.3, 0.4) is 0 Å². The molecule has 5 nitrogen and oxygen atoms in total. The highest BCUT2D eigenvalue weighted by Crippen LogP contribution is 2.40. The minimum Gasteiger partial charge on any atom is -0.381 e. The number of nitrogens with zero attached hydrogens (tertiary/aromatic N) is 3. The largest absolute Gasteiger partial charge is 0.381 e. The van der Waals surface area contributed by atoms with Crippen molar-refractivity contribution in [3.8, 4) is 0 Å². The normalized spacial score (nSPS) is 34.7. The summed E-state index contributed by atoms with van der Waals surface area (Å²) in [4.78, 5) is 7.13. The van der Waals surface area contributed by atoms with Crippen LogP contribution in [0.5, 0.6) is 0 Å². The van der Waals surface area contributed by atoms with E-state index in [0.29, 0.717) is 0 Å². The number of aromatic nitrogens is 2. The van der Waals surface area contributed by atoms with Crippen LogP contribution in [0, 0.1) is 23.7 Å². The van der Waals surface area contributed by atoms with Gasteiger partial charge < -0.3 is 19.5 Å². The zero-order valence-corrected chi connectivity index (χ0v) is 14.3. The highest BCUT2D eigenvalue weighted by atomic mass is 16.5. The molecule has 1 unspecified atom stereocenters. The number of hydrogen-bond donors (Lipinski definition) is 1. The van der Waals surface area contributed by atoms with Crippen molar-refractivity contribution in [2.75, 3.05) is 44.7 Å². The van der Waals surface area contributed by atoms with Gasteiger partial charge in [0.25, 0.3) is 0 Å². The van der Waals surface area contributed by atoms with Gasteiger partial charge in [-0.1, -0.05) is 6.42 Å². The first kappa shape index (κ1) is 15.5. The number of anilines is 1. The molecule has 1 aliphatic carbocycles. The zero-order chi connectivity index (χ0) is 15.6. The summed E-state index contributed by atoms with van der Waals surface area (Å²) >= 11 is 0. The van der Waals surface area contributed by atoms with Gasteiger partial charge in [-0.25, -0.2) is 4.98 Å². The lowest BCUT2D eigenvalue weighted by atomic mass is 9.74. The van der Waals surface area contributed by atoms with E-state index in [1.54, 1.807) is 0 Å². The number of fused-ring (bicyclic) bond motifs is 1. The predicted octanol–water partition coefficient (Wildman–Crippen LogP) is 2.22. The average Bonchev–Trinajstić information content (AvgIpc) is 3.26. The Morgan fingerprint density at radius 2 is 2.26 bits per heavy atom. The third kappa shape index (κ3) is 3.41. The minimum absolute atomic E-state index is 0.777. The summed E-state index contributed by atoms with van der Waals surface area (Å²) in [7, 11) is 2.06. The Hall–Kier alpha value is -1.07. The van der Waals surface area contributed by atoms with E-state index in [0.717, 1.165) is 49.4 Å². The number of imidazole rings is 1. The molecule has 0 spiro atoms. The zero-order valence-electron chi connectivity index (χ0n) is 14.3. The van der Waals surface area contributed by atoms with Crippen molar-refractivity contribution in [2.45, 2.75) is 25.7 Å². The Morgan fingerprint density at radius 1 is 1.30 bits per heavy atom. The predicted molar refractivity (Wildman–Crippen MR) is 91.4 cm³/mol. The van der Waals surface area contributed by atoms with Gasteiger partial charge in [0.15, 0.2) is 0 Å². The number of nitrogens with one attached hydrogen (secondary N) is 1. The van der Waals surface area contributed by atoms with Gasteiger partial charge in [-0.05, 0) is 42.9 Å². The van der Waals surface area contributed by atoms with E-state index in [2.05, 4.69) is 26.8 Å². The van der Waals surface area contributed by atoms with Crippen molar-refractivity contribution in [1.29, 1.82) is 0 Å². The molecule has 1 saturated carbocycles. The van der Waals surface area contributed by atoms with Crippen molar-refractivity contribution in [3.63, 3.8) is 0 Å². The summed E-state index contributed by atoms with van der Waals surface area (Å²) in [6.45, 7) is 6.91. The summed E-state index contributed by atoms with van der Waals surface area (Å²) in [6.07, 6.45) is 9.34. The second-order valence-electron chi connectivity index (χ2n) is 7.81. The van der Waals surface area contributed by atoms with E-state index < -0.39 is 0 Å². The van der Waals surface area contributed by atoms with Crippen molar-refractivity contribution >= 4 is 5.95 Å². The van der Waals surface area contributed by atoms with E-state index in [1.807, 2.05) is 12.4 Å². The molecule has 2 saturated heterocycles. The topological polar surface area (TPSA) is 42.3 Å². The van der Waals surface area contributed by atoms with Crippen molar-refractivity contribution in [3.05, 3.63) is 12.4 Å². The van der Waals surface area contributed by atoms with Crippen LogP contribution >= 0.6 is 0 Å². The molecule has 5 heteroatoms. The van der Waals surface area contributed by atoms with E-state index in [1.165, 1.54) is 45.3 Å². The standard InChI is InChI=1S/C18H30N4O/c1-21-7-6-19-18(21)20-9-15-3-2-4-16-11-22(12-17(15)16)10-14-5-8-23-13-14/h6-7,14-17H,2-5,8-13H2,1H3,(H,19,20)/t14?,15-,16+,17+/m0/s1. The highest BCUT2D eigenvalue weighted by Gasteiger charge is 2.40. The molecule has 23 heavy (non-hydrogen) atoms. The fraction of sp³-hybridized carbons (Fsp3) is 0.833. The van der Waals surface area contributed by atoms with Gasteiger partial charge in [0, 0.05) is 52.2 Å². The summed E-state index contributed by atoms with van der Waals surface area (Å²) in [5.74, 6) is 4.37. The molecule has 0 aromatic carbocycles. The Kier molecular flexibility index (Phi) is 4.58. The molecule has 3 aliphatic rings. The molecule has 1 aromatic rings. The van der Waals surface area contributed by atoms with E-state index in [9.17, 15) is 0 Å². The second-order valence-corrected chi connectivity index (χ2v) is 7.81. The second kappa shape index (κ2) is 6.81. The minimum atomic E-state index is 0.777.